The van der Waals surface area contributed by atoms with Gasteiger partial charge in [0.05, 0.1) is 6.04 Å². The van der Waals surface area contributed by atoms with Gasteiger partial charge >= 0.3 is 6.61 Å². The summed E-state index contributed by atoms with van der Waals surface area (Å²) in [5.74, 6) is 0.145. The van der Waals surface area contributed by atoms with Crippen molar-refractivity contribution in [3.05, 3.63) is 51.7 Å². The molecular formula is C14H15F2NOS. The molecule has 2 N–H and O–H groups in total. The topological polar surface area (TPSA) is 35.2 Å². The van der Waals surface area contributed by atoms with Crippen LogP contribution in [0.25, 0.3) is 0 Å². The molecule has 19 heavy (non-hydrogen) atoms. The number of thiophene rings is 1. The highest BCUT2D eigenvalue weighted by atomic mass is 32.1. The number of halogens is 2. The van der Waals surface area contributed by atoms with Crippen LogP contribution in [0.5, 0.6) is 5.75 Å². The van der Waals surface area contributed by atoms with Crippen LogP contribution in [-0.2, 0) is 6.42 Å². The molecule has 0 saturated carbocycles. The van der Waals surface area contributed by atoms with Crippen LogP contribution in [0.3, 0.4) is 0 Å². The molecule has 2 aromatic rings. The summed E-state index contributed by atoms with van der Waals surface area (Å²) in [6, 6.07) is 10.3. The summed E-state index contributed by atoms with van der Waals surface area (Å²) in [5.41, 5.74) is 7.04. The van der Waals surface area contributed by atoms with E-state index in [4.69, 9.17) is 5.73 Å². The molecule has 0 fully saturated rings. The van der Waals surface area contributed by atoms with Crippen molar-refractivity contribution in [3.63, 3.8) is 0 Å². The quantitative estimate of drug-likeness (QED) is 0.901. The van der Waals surface area contributed by atoms with Crippen molar-refractivity contribution in [1.29, 1.82) is 0 Å². The molecule has 0 saturated heterocycles. The summed E-state index contributed by atoms with van der Waals surface area (Å²) in [6.45, 7) is -0.707. The molecule has 1 unspecified atom stereocenters. The van der Waals surface area contributed by atoms with Gasteiger partial charge < -0.3 is 10.5 Å². The number of rotatable bonds is 5. The van der Waals surface area contributed by atoms with E-state index in [0.717, 1.165) is 16.9 Å². The van der Waals surface area contributed by atoms with E-state index in [0.29, 0.717) is 0 Å². The predicted octanol–water partition coefficient (Wildman–Crippen LogP) is 3.96. The van der Waals surface area contributed by atoms with Crippen LogP contribution in [-0.4, -0.2) is 6.61 Å². The summed E-state index contributed by atoms with van der Waals surface area (Å²) >= 11 is 1.67. The number of hydrogen-bond acceptors (Lipinski definition) is 3. The van der Waals surface area contributed by atoms with Gasteiger partial charge in [0.15, 0.2) is 0 Å². The van der Waals surface area contributed by atoms with Gasteiger partial charge in [0, 0.05) is 9.75 Å². The molecule has 1 aromatic carbocycles. The molecule has 0 aliphatic heterocycles. The Bertz CT molecular complexity index is 524. The highest BCUT2D eigenvalue weighted by molar-refractivity contribution is 7.12. The van der Waals surface area contributed by atoms with Gasteiger partial charge in [0.1, 0.15) is 5.75 Å². The van der Waals surface area contributed by atoms with Gasteiger partial charge in [-0.1, -0.05) is 19.1 Å². The molecule has 0 radical (unpaired) electrons. The van der Waals surface area contributed by atoms with Crippen LogP contribution in [0, 0.1) is 0 Å². The second-order valence-corrected chi connectivity index (χ2v) is 5.28. The van der Waals surface area contributed by atoms with Crippen LogP contribution in [0.15, 0.2) is 36.4 Å². The third-order valence-electron chi connectivity index (χ3n) is 2.80. The fourth-order valence-corrected chi connectivity index (χ4v) is 2.75. The van der Waals surface area contributed by atoms with Gasteiger partial charge in [-0.2, -0.15) is 8.78 Å². The first-order valence-corrected chi connectivity index (χ1v) is 6.80. The zero-order chi connectivity index (χ0) is 13.8. The normalized spacial score (nSPS) is 12.7. The highest BCUT2D eigenvalue weighted by Crippen LogP contribution is 2.28. The van der Waals surface area contributed by atoms with Crippen LogP contribution in [0.2, 0.25) is 0 Å². The van der Waals surface area contributed by atoms with Crippen molar-refractivity contribution in [2.75, 3.05) is 0 Å². The number of hydrogen-bond donors (Lipinski definition) is 1. The molecule has 1 atom stereocenters. The minimum absolute atomic E-state index is 0.145. The fourth-order valence-electron chi connectivity index (χ4n) is 1.77. The van der Waals surface area contributed by atoms with Crippen LogP contribution in [0.1, 0.15) is 28.3 Å². The number of alkyl halides is 2. The summed E-state index contributed by atoms with van der Waals surface area (Å²) in [6.07, 6.45) is 0.985. The molecule has 0 amide bonds. The minimum atomic E-state index is -2.80. The zero-order valence-electron chi connectivity index (χ0n) is 10.5. The Kier molecular flexibility index (Phi) is 4.50. The number of ether oxygens (including phenoxy) is 1. The Morgan fingerprint density at radius 2 is 1.84 bits per heavy atom. The maximum Gasteiger partial charge on any atom is 0.387 e. The molecule has 1 heterocycles. The van der Waals surface area contributed by atoms with Crippen LogP contribution < -0.4 is 10.5 Å². The Labute approximate surface area is 114 Å². The van der Waals surface area contributed by atoms with Gasteiger partial charge in [-0.15, -0.1) is 11.3 Å². The fraction of sp³-hybridized carbons (Fsp3) is 0.286. The highest BCUT2D eigenvalue weighted by Gasteiger charge is 2.12. The average molecular weight is 283 g/mol. The third-order valence-corrected chi connectivity index (χ3v) is 4.11. The van der Waals surface area contributed by atoms with E-state index in [1.54, 1.807) is 23.5 Å². The van der Waals surface area contributed by atoms with E-state index in [1.807, 2.05) is 6.07 Å². The van der Waals surface area contributed by atoms with Crippen LogP contribution in [0.4, 0.5) is 8.78 Å². The first kappa shape index (κ1) is 14.0. The van der Waals surface area contributed by atoms with E-state index in [2.05, 4.69) is 17.7 Å². The van der Waals surface area contributed by atoms with Crippen molar-refractivity contribution in [2.45, 2.75) is 26.0 Å². The van der Waals surface area contributed by atoms with Crippen molar-refractivity contribution >= 4 is 11.3 Å². The SMILES string of the molecule is CCc1ccc(C(N)c2ccc(OC(F)F)cc2)s1. The smallest absolute Gasteiger partial charge is 0.387 e. The Morgan fingerprint density at radius 3 is 2.37 bits per heavy atom. The van der Waals surface area contributed by atoms with Gasteiger partial charge in [-0.3, -0.25) is 0 Å². The first-order valence-electron chi connectivity index (χ1n) is 5.99. The first-order chi connectivity index (χ1) is 9.10. The molecule has 102 valence electrons. The van der Waals surface area contributed by atoms with E-state index in [9.17, 15) is 8.78 Å². The molecule has 1 aromatic heterocycles. The van der Waals surface area contributed by atoms with Crippen molar-refractivity contribution in [1.82, 2.24) is 0 Å². The van der Waals surface area contributed by atoms with Crippen LogP contribution >= 0.6 is 11.3 Å². The van der Waals surface area contributed by atoms with Gasteiger partial charge in [0.2, 0.25) is 0 Å². The standard InChI is InChI=1S/C14H15F2NOS/c1-2-11-7-8-12(19-11)13(17)9-3-5-10(6-4-9)18-14(15)16/h3-8,13-14H,2,17H2,1H3. The summed E-state index contributed by atoms with van der Waals surface area (Å²) < 4.78 is 28.4. The lowest BCUT2D eigenvalue weighted by molar-refractivity contribution is -0.0498. The number of benzene rings is 1. The molecular weight excluding hydrogens is 268 g/mol. The molecule has 0 aliphatic carbocycles. The Morgan fingerprint density at radius 1 is 1.16 bits per heavy atom. The monoisotopic (exact) mass is 283 g/mol. The molecule has 2 rings (SSSR count). The summed E-state index contributed by atoms with van der Waals surface area (Å²) in [5, 5.41) is 0. The lowest BCUT2D eigenvalue weighted by atomic mass is 10.1. The molecule has 2 nitrogen and oxygen atoms in total. The molecule has 0 aliphatic rings. The van der Waals surface area contributed by atoms with Crippen molar-refractivity contribution in [2.24, 2.45) is 5.73 Å². The third kappa shape index (κ3) is 3.52. The second-order valence-electron chi connectivity index (χ2n) is 4.08. The van der Waals surface area contributed by atoms with Gasteiger partial charge in [-0.25, -0.2) is 0 Å². The van der Waals surface area contributed by atoms with E-state index >= 15 is 0 Å². The molecule has 0 bridgehead atoms. The van der Waals surface area contributed by atoms with Gasteiger partial charge in [0.25, 0.3) is 0 Å². The summed E-state index contributed by atoms with van der Waals surface area (Å²) in [7, 11) is 0. The number of nitrogens with two attached hydrogens (primary N) is 1. The Hall–Kier alpha value is -1.46. The average Bonchev–Trinajstić information content (AvgIpc) is 2.87. The zero-order valence-corrected chi connectivity index (χ0v) is 11.3. The Balaban J connectivity index is 2.12. The maximum atomic E-state index is 12.0. The molecule has 0 spiro atoms. The lowest BCUT2D eigenvalue weighted by Gasteiger charge is -2.11. The largest absolute Gasteiger partial charge is 0.435 e. The van der Waals surface area contributed by atoms with E-state index < -0.39 is 6.61 Å². The number of aryl methyl sites for hydroxylation is 1. The van der Waals surface area contributed by atoms with Gasteiger partial charge in [-0.05, 0) is 36.2 Å². The second kappa shape index (κ2) is 6.12. The van der Waals surface area contributed by atoms with Crippen molar-refractivity contribution in [3.8, 4) is 5.75 Å². The predicted molar refractivity (Wildman–Crippen MR) is 72.8 cm³/mol. The van der Waals surface area contributed by atoms with Crippen molar-refractivity contribution < 1.29 is 13.5 Å². The summed E-state index contributed by atoms with van der Waals surface area (Å²) in [4.78, 5) is 2.35. The van der Waals surface area contributed by atoms with E-state index in [-0.39, 0.29) is 11.8 Å². The lowest BCUT2D eigenvalue weighted by Crippen LogP contribution is -2.10. The molecule has 5 heteroatoms. The van der Waals surface area contributed by atoms with E-state index in [1.165, 1.54) is 17.0 Å². The minimum Gasteiger partial charge on any atom is -0.435 e. The maximum absolute atomic E-state index is 12.0.